The van der Waals surface area contributed by atoms with Crippen LogP contribution in [-0.4, -0.2) is 54.2 Å². The maximum atomic E-state index is 12.7. The van der Waals surface area contributed by atoms with Crippen molar-refractivity contribution in [1.82, 2.24) is 15.8 Å². The van der Waals surface area contributed by atoms with Crippen molar-refractivity contribution in [3.05, 3.63) is 47.9 Å². The number of ether oxygens (including phenoxy) is 3. The Balaban J connectivity index is 1.51. The highest BCUT2D eigenvalue weighted by atomic mass is 16.6. The first-order chi connectivity index (χ1) is 13.9. The second kappa shape index (κ2) is 8.63. The molecule has 10 nitrogen and oxygen atoms in total. The number of benzene rings is 1. The first kappa shape index (κ1) is 20.2. The smallest absolute Gasteiger partial charge is 0.377 e. The van der Waals surface area contributed by atoms with E-state index in [9.17, 15) is 19.2 Å². The van der Waals surface area contributed by atoms with E-state index < -0.39 is 36.0 Å². The van der Waals surface area contributed by atoms with E-state index in [0.717, 1.165) is 11.8 Å². The lowest BCUT2D eigenvalue weighted by molar-refractivity contribution is -0.151. The van der Waals surface area contributed by atoms with Crippen LogP contribution in [-0.2, 0) is 35.0 Å². The van der Waals surface area contributed by atoms with Gasteiger partial charge in [-0.1, -0.05) is 30.3 Å². The molecule has 2 N–H and O–H groups in total. The molecular formula is C19H21N3O7. The van der Waals surface area contributed by atoms with Gasteiger partial charge in [0.1, 0.15) is 25.0 Å². The number of esters is 1. The van der Waals surface area contributed by atoms with Gasteiger partial charge in [0, 0.05) is 0 Å². The average molecular weight is 403 g/mol. The Morgan fingerprint density at radius 2 is 2.00 bits per heavy atom. The summed E-state index contributed by atoms with van der Waals surface area (Å²) in [5, 5.41) is 3.19. The number of urea groups is 1. The van der Waals surface area contributed by atoms with E-state index >= 15 is 0 Å². The van der Waals surface area contributed by atoms with Crippen LogP contribution in [0.15, 0.2) is 42.4 Å². The van der Waals surface area contributed by atoms with Crippen LogP contribution in [0.25, 0.3) is 0 Å². The minimum Gasteiger partial charge on any atom is -0.493 e. The van der Waals surface area contributed by atoms with Crippen molar-refractivity contribution >= 4 is 23.8 Å². The number of aryl methyl sites for hydroxylation is 1. The molecule has 1 aromatic carbocycles. The van der Waals surface area contributed by atoms with E-state index in [-0.39, 0.29) is 12.4 Å². The average Bonchev–Trinajstić information content (AvgIpc) is 2.95. The summed E-state index contributed by atoms with van der Waals surface area (Å²) >= 11 is 0. The molecule has 29 heavy (non-hydrogen) atoms. The topological polar surface area (TPSA) is 123 Å². The first-order valence-corrected chi connectivity index (χ1v) is 9.01. The van der Waals surface area contributed by atoms with Gasteiger partial charge in [-0.25, -0.2) is 9.59 Å². The summed E-state index contributed by atoms with van der Waals surface area (Å²) in [6, 6.07) is 8.77. The van der Waals surface area contributed by atoms with Crippen LogP contribution in [0.1, 0.15) is 18.9 Å². The zero-order chi connectivity index (χ0) is 20.9. The van der Waals surface area contributed by atoms with Gasteiger partial charge in [-0.15, -0.1) is 0 Å². The van der Waals surface area contributed by atoms with E-state index in [2.05, 4.69) is 10.7 Å². The number of hydrogen-bond acceptors (Lipinski definition) is 7. The normalized spacial score (nSPS) is 20.9. The minimum absolute atomic E-state index is 0.160. The lowest BCUT2D eigenvalue weighted by Crippen LogP contribution is -2.50. The molecule has 3 rings (SSSR count). The molecule has 2 heterocycles. The van der Waals surface area contributed by atoms with Crippen molar-refractivity contribution in [2.24, 2.45) is 0 Å². The number of nitrogens with one attached hydrogen (secondary N) is 2. The summed E-state index contributed by atoms with van der Waals surface area (Å²) in [7, 11) is 0. The highest BCUT2D eigenvalue weighted by Crippen LogP contribution is 2.22. The maximum absolute atomic E-state index is 12.7. The molecule has 4 amide bonds. The van der Waals surface area contributed by atoms with Crippen LogP contribution in [0.2, 0.25) is 0 Å². The fourth-order valence-electron chi connectivity index (χ4n) is 2.83. The SMILES string of the molecule is C[C@]1(CCc2ccccc2)NC(=O)N(NC(=O)COC(=O)C2=COCCO2)C1=O. The predicted molar refractivity (Wildman–Crippen MR) is 97.6 cm³/mol. The Morgan fingerprint density at radius 1 is 1.24 bits per heavy atom. The summed E-state index contributed by atoms with van der Waals surface area (Å²) in [4.78, 5) is 48.6. The lowest BCUT2D eigenvalue weighted by Gasteiger charge is -2.21. The van der Waals surface area contributed by atoms with Crippen LogP contribution in [0.3, 0.4) is 0 Å². The van der Waals surface area contributed by atoms with Gasteiger partial charge in [-0.2, -0.15) is 5.01 Å². The molecule has 0 bridgehead atoms. The number of hydrazine groups is 1. The van der Waals surface area contributed by atoms with Crippen LogP contribution in [0, 0.1) is 0 Å². The van der Waals surface area contributed by atoms with Crippen LogP contribution in [0.5, 0.6) is 0 Å². The number of amides is 4. The molecule has 154 valence electrons. The minimum atomic E-state index is -1.16. The second-order valence-corrected chi connectivity index (χ2v) is 6.70. The van der Waals surface area contributed by atoms with Gasteiger partial charge in [-0.05, 0) is 25.3 Å². The molecule has 0 radical (unpaired) electrons. The molecule has 1 aromatic rings. The Hall–Kier alpha value is -3.56. The zero-order valence-electron chi connectivity index (χ0n) is 15.8. The highest BCUT2D eigenvalue weighted by Gasteiger charge is 2.48. The van der Waals surface area contributed by atoms with Gasteiger partial charge < -0.3 is 19.5 Å². The Kier molecular flexibility index (Phi) is 6.01. The third kappa shape index (κ3) is 4.84. The Labute approximate surface area is 166 Å². The van der Waals surface area contributed by atoms with Crippen LogP contribution >= 0.6 is 0 Å². The van der Waals surface area contributed by atoms with Crippen molar-refractivity contribution < 1.29 is 33.4 Å². The number of nitrogens with zero attached hydrogens (tertiary/aromatic N) is 1. The molecule has 0 aromatic heterocycles. The van der Waals surface area contributed by atoms with Gasteiger partial charge >= 0.3 is 12.0 Å². The summed E-state index contributed by atoms with van der Waals surface area (Å²) in [5.74, 6) is -2.48. The van der Waals surface area contributed by atoms with Gasteiger partial charge in [0.15, 0.2) is 6.61 Å². The predicted octanol–water partition coefficient (Wildman–Crippen LogP) is 0.392. The number of rotatable bonds is 7. The molecule has 1 atom stereocenters. The zero-order valence-corrected chi connectivity index (χ0v) is 15.8. The van der Waals surface area contributed by atoms with Gasteiger partial charge in [0.05, 0.1) is 0 Å². The second-order valence-electron chi connectivity index (χ2n) is 6.70. The number of hydrogen-bond donors (Lipinski definition) is 2. The fraction of sp³-hybridized carbons (Fsp3) is 0.368. The molecule has 0 aliphatic carbocycles. The fourth-order valence-corrected chi connectivity index (χ4v) is 2.83. The third-order valence-corrected chi connectivity index (χ3v) is 4.44. The molecule has 1 saturated heterocycles. The number of carbonyl (C=O) groups excluding carboxylic acids is 4. The number of carbonyl (C=O) groups is 4. The molecule has 1 fully saturated rings. The lowest BCUT2D eigenvalue weighted by atomic mass is 9.93. The van der Waals surface area contributed by atoms with Crippen molar-refractivity contribution in [3.8, 4) is 0 Å². The standard InChI is InChI=1S/C19H21N3O7/c1-19(8-7-13-5-3-2-4-6-13)17(25)22(18(26)20-19)21-15(23)12-29-16(24)14-11-27-9-10-28-14/h2-6,11H,7-10,12H2,1H3,(H,20,26)(H,21,23)/t19-/m1/s1. The van der Waals surface area contributed by atoms with Gasteiger partial charge in [0.25, 0.3) is 11.8 Å². The van der Waals surface area contributed by atoms with E-state index in [4.69, 9.17) is 14.2 Å². The Morgan fingerprint density at radius 3 is 2.69 bits per heavy atom. The van der Waals surface area contributed by atoms with Crippen LogP contribution < -0.4 is 10.7 Å². The van der Waals surface area contributed by atoms with Crippen molar-refractivity contribution in [1.29, 1.82) is 0 Å². The molecule has 0 saturated carbocycles. The molecular weight excluding hydrogens is 382 g/mol. The van der Waals surface area contributed by atoms with Gasteiger partial charge in [0.2, 0.25) is 5.76 Å². The van der Waals surface area contributed by atoms with Crippen molar-refractivity contribution in [2.45, 2.75) is 25.3 Å². The van der Waals surface area contributed by atoms with E-state index in [1.807, 2.05) is 30.3 Å². The molecule has 0 unspecified atom stereocenters. The van der Waals surface area contributed by atoms with Crippen molar-refractivity contribution in [2.75, 3.05) is 19.8 Å². The summed E-state index contributed by atoms with van der Waals surface area (Å²) in [6.07, 6.45) is 2.02. The molecule has 0 spiro atoms. The van der Waals surface area contributed by atoms with E-state index in [1.165, 1.54) is 0 Å². The molecule has 10 heteroatoms. The third-order valence-electron chi connectivity index (χ3n) is 4.44. The van der Waals surface area contributed by atoms with Gasteiger partial charge in [-0.3, -0.25) is 15.0 Å². The van der Waals surface area contributed by atoms with E-state index in [0.29, 0.717) is 24.5 Å². The quantitative estimate of drug-likeness (QED) is 0.499. The summed E-state index contributed by atoms with van der Waals surface area (Å²) in [6.45, 7) is 1.40. The number of imide groups is 1. The monoisotopic (exact) mass is 403 g/mol. The molecule has 2 aliphatic heterocycles. The Bertz CT molecular complexity index is 839. The summed E-state index contributed by atoms with van der Waals surface area (Å²) in [5.41, 5.74) is 2.02. The van der Waals surface area contributed by atoms with E-state index in [1.54, 1.807) is 6.92 Å². The first-order valence-electron chi connectivity index (χ1n) is 9.01. The van der Waals surface area contributed by atoms with Crippen LogP contribution in [0.4, 0.5) is 4.79 Å². The largest absolute Gasteiger partial charge is 0.493 e. The maximum Gasteiger partial charge on any atom is 0.377 e. The highest BCUT2D eigenvalue weighted by molar-refractivity contribution is 6.07. The molecule has 2 aliphatic rings. The summed E-state index contributed by atoms with van der Waals surface area (Å²) < 4.78 is 14.7. The van der Waals surface area contributed by atoms with Crippen molar-refractivity contribution in [3.63, 3.8) is 0 Å².